The minimum absolute atomic E-state index is 0.0385. The van der Waals surface area contributed by atoms with Gasteiger partial charge in [0.15, 0.2) is 0 Å². The van der Waals surface area contributed by atoms with E-state index < -0.39 is 29.9 Å². The molecule has 4 rings (SSSR count). The van der Waals surface area contributed by atoms with E-state index in [1.54, 1.807) is 0 Å². The van der Waals surface area contributed by atoms with Crippen LogP contribution in [0, 0.1) is 17.8 Å². The van der Waals surface area contributed by atoms with Gasteiger partial charge in [-0.05, 0) is 35.1 Å². The van der Waals surface area contributed by atoms with Gasteiger partial charge in [0.2, 0.25) is 5.91 Å². The lowest BCUT2D eigenvalue weighted by molar-refractivity contribution is -0.154. The quantitative estimate of drug-likeness (QED) is 0.568. The highest BCUT2D eigenvalue weighted by atomic mass is 16.5. The predicted molar refractivity (Wildman–Crippen MR) is 129 cm³/mol. The highest BCUT2D eigenvalue weighted by Crippen LogP contribution is 2.44. The van der Waals surface area contributed by atoms with Gasteiger partial charge in [-0.25, -0.2) is 4.79 Å². The minimum atomic E-state index is -1.16. The van der Waals surface area contributed by atoms with Crippen LogP contribution in [-0.2, 0) is 19.1 Å². The van der Waals surface area contributed by atoms with Gasteiger partial charge in [-0.15, -0.1) is 6.42 Å². The van der Waals surface area contributed by atoms with Gasteiger partial charge in [0, 0.05) is 19.1 Å². The van der Waals surface area contributed by atoms with Crippen molar-refractivity contribution in [3.8, 4) is 23.5 Å². The number of carbonyl (C=O) groups is 3. The number of rotatable bonds is 8. The summed E-state index contributed by atoms with van der Waals surface area (Å²) in [5, 5.41) is 11.9. The summed E-state index contributed by atoms with van der Waals surface area (Å²) < 4.78 is 11.1. The average molecular weight is 477 g/mol. The summed E-state index contributed by atoms with van der Waals surface area (Å²) >= 11 is 0. The first kappa shape index (κ1) is 24.3. The largest absolute Gasteiger partial charge is 0.480 e. The Labute approximate surface area is 204 Å². The van der Waals surface area contributed by atoms with E-state index in [1.165, 1.54) is 0 Å². The van der Waals surface area contributed by atoms with E-state index in [2.05, 4.69) is 23.4 Å². The molecule has 1 heterocycles. The number of ether oxygens (including phenoxy) is 2. The van der Waals surface area contributed by atoms with Gasteiger partial charge in [-0.2, -0.15) is 0 Å². The Morgan fingerprint density at radius 1 is 1.14 bits per heavy atom. The highest BCUT2D eigenvalue weighted by molar-refractivity contribution is 5.87. The number of alkyl carbamates (subject to hydrolysis) is 1. The molecule has 1 unspecified atom stereocenters. The fraction of sp³-hybridized carbons (Fsp3) is 0.370. The van der Waals surface area contributed by atoms with Crippen LogP contribution in [-0.4, -0.2) is 67.4 Å². The zero-order valence-electron chi connectivity index (χ0n) is 19.4. The van der Waals surface area contributed by atoms with E-state index in [1.807, 2.05) is 36.4 Å². The fourth-order valence-electron chi connectivity index (χ4n) is 4.94. The van der Waals surface area contributed by atoms with Crippen molar-refractivity contribution in [1.29, 1.82) is 0 Å². The molecule has 1 aliphatic heterocycles. The Morgan fingerprint density at radius 3 is 2.37 bits per heavy atom. The van der Waals surface area contributed by atoms with Crippen molar-refractivity contribution < 1.29 is 29.0 Å². The average Bonchev–Trinajstić information content (AvgIpc) is 3.19. The normalized spacial score (nSPS) is 18.6. The van der Waals surface area contributed by atoms with Crippen LogP contribution < -0.4 is 5.32 Å². The molecule has 1 saturated heterocycles. The monoisotopic (exact) mass is 476 g/mol. The molecule has 182 valence electrons. The van der Waals surface area contributed by atoms with Crippen molar-refractivity contribution in [2.45, 2.75) is 18.8 Å². The molecule has 1 atom stereocenters. The first-order valence-corrected chi connectivity index (χ1v) is 11.6. The summed E-state index contributed by atoms with van der Waals surface area (Å²) in [5.74, 6) is 0.642. The maximum absolute atomic E-state index is 13.3. The molecule has 2 N–H and O–H groups in total. The Hall–Kier alpha value is -3.83. The van der Waals surface area contributed by atoms with Crippen LogP contribution in [0.3, 0.4) is 0 Å². The van der Waals surface area contributed by atoms with Gasteiger partial charge < -0.3 is 24.8 Å². The predicted octanol–water partition coefficient (Wildman–Crippen LogP) is 2.87. The first-order chi connectivity index (χ1) is 16.9. The SMILES string of the molecule is C#CCN(CC(=O)O)C(=O)C1(CNC(=O)OCC2c3ccccc3-c3ccccc32)CCCOC1. The number of nitrogens with zero attached hydrogens (tertiary/aromatic N) is 1. The molecular weight excluding hydrogens is 448 g/mol. The molecule has 0 bridgehead atoms. The minimum Gasteiger partial charge on any atom is -0.480 e. The van der Waals surface area contributed by atoms with Crippen molar-refractivity contribution in [3.63, 3.8) is 0 Å². The van der Waals surface area contributed by atoms with Gasteiger partial charge in [-0.1, -0.05) is 54.5 Å². The number of fused-ring (bicyclic) bond motifs is 3. The van der Waals surface area contributed by atoms with E-state index in [0.29, 0.717) is 19.4 Å². The first-order valence-electron chi connectivity index (χ1n) is 11.6. The van der Waals surface area contributed by atoms with Gasteiger partial charge >= 0.3 is 12.1 Å². The molecule has 2 aromatic carbocycles. The maximum atomic E-state index is 13.3. The van der Waals surface area contributed by atoms with Crippen LogP contribution in [0.4, 0.5) is 4.79 Å². The molecule has 0 aromatic heterocycles. The lowest BCUT2D eigenvalue weighted by Gasteiger charge is -2.38. The van der Waals surface area contributed by atoms with Gasteiger partial charge in [0.1, 0.15) is 13.2 Å². The lowest BCUT2D eigenvalue weighted by Crippen LogP contribution is -2.55. The van der Waals surface area contributed by atoms with Crippen LogP contribution in [0.5, 0.6) is 0 Å². The van der Waals surface area contributed by atoms with Crippen LogP contribution >= 0.6 is 0 Å². The van der Waals surface area contributed by atoms with Crippen LogP contribution in [0.1, 0.15) is 29.9 Å². The van der Waals surface area contributed by atoms with Crippen molar-refractivity contribution >= 4 is 18.0 Å². The van der Waals surface area contributed by atoms with Crippen molar-refractivity contribution in [2.75, 3.05) is 39.5 Å². The molecule has 8 heteroatoms. The molecule has 8 nitrogen and oxygen atoms in total. The van der Waals surface area contributed by atoms with E-state index in [4.69, 9.17) is 15.9 Å². The molecule has 2 amide bonds. The summed E-state index contributed by atoms with van der Waals surface area (Å²) in [6.07, 6.45) is 5.75. The summed E-state index contributed by atoms with van der Waals surface area (Å²) in [7, 11) is 0. The van der Waals surface area contributed by atoms with Gasteiger partial charge in [-0.3, -0.25) is 9.59 Å². The topological polar surface area (TPSA) is 105 Å². The number of carboxylic acid groups (broad SMARTS) is 1. The second-order valence-corrected chi connectivity index (χ2v) is 8.87. The second-order valence-electron chi connectivity index (χ2n) is 8.87. The summed E-state index contributed by atoms with van der Waals surface area (Å²) in [6, 6.07) is 16.1. The number of hydrogen-bond donors (Lipinski definition) is 2. The number of benzene rings is 2. The highest BCUT2D eigenvalue weighted by Gasteiger charge is 2.44. The molecule has 2 aliphatic rings. The number of terminal acetylenes is 1. The third kappa shape index (κ3) is 5.15. The number of carbonyl (C=O) groups excluding carboxylic acids is 2. The number of hydrogen-bond acceptors (Lipinski definition) is 5. The molecule has 0 radical (unpaired) electrons. The number of amides is 2. The smallest absolute Gasteiger partial charge is 0.407 e. The Morgan fingerprint density at radius 2 is 1.80 bits per heavy atom. The van der Waals surface area contributed by atoms with Crippen LogP contribution in [0.2, 0.25) is 0 Å². The Balaban J connectivity index is 1.42. The Kier molecular flexibility index (Phi) is 7.37. The maximum Gasteiger partial charge on any atom is 0.407 e. The summed E-state index contributed by atoms with van der Waals surface area (Å²) in [6.45, 7) is 0.0144. The molecule has 2 aromatic rings. The van der Waals surface area contributed by atoms with Crippen LogP contribution in [0.15, 0.2) is 48.5 Å². The lowest BCUT2D eigenvalue weighted by atomic mass is 9.80. The summed E-state index contributed by atoms with van der Waals surface area (Å²) in [5.41, 5.74) is 3.37. The van der Waals surface area contributed by atoms with Crippen molar-refractivity contribution in [1.82, 2.24) is 10.2 Å². The molecule has 1 aliphatic carbocycles. The zero-order chi connectivity index (χ0) is 24.8. The third-order valence-corrected chi connectivity index (χ3v) is 6.59. The van der Waals surface area contributed by atoms with Gasteiger partial charge in [0.05, 0.1) is 18.6 Å². The number of nitrogens with one attached hydrogen (secondary N) is 1. The van der Waals surface area contributed by atoms with Crippen LogP contribution in [0.25, 0.3) is 11.1 Å². The molecule has 35 heavy (non-hydrogen) atoms. The summed E-state index contributed by atoms with van der Waals surface area (Å²) in [4.78, 5) is 38.3. The second kappa shape index (κ2) is 10.6. The number of carboxylic acids is 1. The molecule has 0 saturated carbocycles. The zero-order valence-corrected chi connectivity index (χ0v) is 19.4. The molecular formula is C27H28N2O6. The van der Waals surface area contributed by atoms with Crippen molar-refractivity contribution in [2.24, 2.45) is 5.41 Å². The fourth-order valence-corrected chi connectivity index (χ4v) is 4.94. The Bertz CT molecular complexity index is 1100. The van der Waals surface area contributed by atoms with E-state index >= 15 is 0 Å². The van der Waals surface area contributed by atoms with Crippen molar-refractivity contribution in [3.05, 3.63) is 59.7 Å². The van der Waals surface area contributed by atoms with E-state index in [9.17, 15) is 19.5 Å². The standard InChI is InChI=1S/C27H28N2O6/c1-2-13-29(15-24(30)31)25(32)27(12-7-14-34-18-27)17-28-26(33)35-16-23-21-10-5-3-8-19(21)20-9-4-6-11-22(20)23/h1,3-6,8-11,23H,7,12-18H2,(H,28,33)(H,30,31). The van der Waals surface area contributed by atoms with E-state index in [-0.39, 0.29) is 32.2 Å². The van der Waals surface area contributed by atoms with Gasteiger partial charge in [0.25, 0.3) is 0 Å². The molecule has 0 spiro atoms. The third-order valence-electron chi connectivity index (χ3n) is 6.59. The molecule has 1 fully saturated rings. The van der Waals surface area contributed by atoms with E-state index in [0.717, 1.165) is 27.2 Å². The number of aliphatic carboxylic acids is 1.